The van der Waals surface area contributed by atoms with Crippen molar-refractivity contribution in [3.8, 4) is 0 Å². The Morgan fingerprint density at radius 1 is 1.37 bits per heavy atom. The Morgan fingerprint density at radius 2 is 2.05 bits per heavy atom. The third-order valence-electron chi connectivity index (χ3n) is 3.56. The fraction of sp³-hybridized carbons (Fsp3) is 0.643. The standard InChI is InChI=1S/C14H23BrN4/c1-11-8-13(15)9-16-14(11)17-12(2)10-19-6-4-18(3)5-7-19/h8-9,12H,4-7,10H2,1-3H3,(H,16,17). The van der Waals surface area contributed by atoms with Gasteiger partial charge < -0.3 is 10.2 Å². The minimum absolute atomic E-state index is 0.413. The minimum atomic E-state index is 0.413. The topological polar surface area (TPSA) is 31.4 Å². The smallest absolute Gasteiger partial charge is 0.129 e. The maximum Gasteiger partial charge on any atom is 0.129 e. The van der Waals surface area contributed by atoms with Gasteiger partial charge in [-0.15, -0.1) is 0 Å². The number of nitrogens with one attached hydrogen (secondary N) is 1. The summed E-state index contributed by atoms with van der Waals surface area (Å²) in [6.07, 6.45) is 1.85. The lowest BCUT2D eigenvalue weighted by Gasteiger charge is -2.34. The molecule has 1 saturated heterocycles. The number of pyridine rings is 1. The van der Waals surface area contributed by atoms with Crippen LogP contribution in [-0.4, -0.2) is 60.6 Å². The van der Waals surface area contributed by atoms with Crippen molar-refractivity contribution in [2.45, 2.75) is 19.9 Å². The molecule has 1 N–H and O–H groups in total. The van der Waals surface area contributed by atoms with Gasteiger partial charge in [0.2, 0.25) is 0 Å². The highest BCUT2D eigenvalue weighted by molar-refractivity contribution is 9.10. The summed E-state index contributed by atoms with van der Waals surface area (Å²) in [5, 5.41) is 3.51. The van der Waals surface area contributed by atoms with E-state index in [-0.39, 0.29) is 0 Å². The van der Waals surface area contributed by atoms with Gasteiger partial charge in [0.05, 0.1) is 0 Å². The van der Waals surface area contributed by atoms with Gasteiger partial charge in [-0.1, -0.05) is 0 Å². The molecule has 0 spiro atoms. The van der Waals surface area contributed by atoms with E-state index in [9.17, 15) is 0 Å². The SMILES string of the molecule is Cc1cc(Br)cnc1NC(C)CN1CCN(C)CC1. The van der Waals surface area contributed by atoms with Gasteiger partial charge in [0.15, 0.2) is 0 Å². The van der Waals surface area contributed by atoms with Crippen LogP contribution in [0.1, 0.15) is 12.5 Å². The zero-order chi connectivity index (χ0) is 13.8. The van der Waals surface area contributed by atoms with E-state index < -0.39 is 0 Å². The van der Waals surface area contributed by atoms with Gasteiger partial charge in [0, 0.05) is 49.4 Å². The molecule has 0 saturated carbocycles. The van der Waals surface area contributed by atoms with E-state index in [1.165, 1.54) is 18.7 Å². The quantitative estimate of drug-likeness (QED) is 0.919. The third-order valence-corrected chi connectivity index (χ3v) is 3.99. The lowest BCUT2D eigenvalue weighted by molar-refractivity contribution is 0.151. The van der Waals surface area contributed by atoms with Crippen LogP contribution in [0.15, 0.2) is 16.7 Å². The number of aromatic nitrogens is 1. The predicted octanol–water partition coefficient (Wildman–Crippen LogP) is 2.20. The molecule has 1 fully saturated rings. The fourth-order valence-electron chi connectivity index (χ4n) is 2.39. The van der Waals surface area contributed by atoms with Crippen molar-refractivity contribution in [3.05, 3.63) is 22.3 Å². The summed E-state index contributed by atoms with van der Waals surface area (Å²) < 4.78 is 1.03. The summed E-state index contributed by atoms with van der Waals surface area (Å²) in [5.41, 5.74) is 1.18. The van der Waals surface area contributed by atoms with Gasteiger partial charge in [0.25, 0.3) is 0 Å². The van der Waals surface area contributed by atoms with Crippen LogP contribution in [0, 0.1) is 6.92 Å². The van der Waals surface area contributed by atoms with Gasteiger partial charge in [-0.05, 0) is 48.5 Å². The van der Waals surface area contributed by atoms with E-state index in [0.717, 1.165) is 29.9 Å². The molecule has 1 atom stereocenters. The first-order valence-corrected chi connectivity index (χ1v) is 7.63. The number of likely N-dealkylation sites (N-methyl/N-ethyl adjacent to an activating group) is 1. The number of hydrogen-bond acceptors (Lipinski definition) is 4. The Hall–Kier alpha value is -0.650. The van der Waals surface area contributed by atoms with Crippen LogP contribution in [0.25, 0.3) is 0 Å². The highest BCUT2D eigenvalue weighted by atomic mass is 79.9. The van der Waals surface area contributed by atoms with Crippen molar-refractivity contribution in [2.24, 2.45) is 0 Å². The summed E-state index contributed by atoms with van der Waals surface area (Å²) in [6.45, 7) is 10.0. The number of nitrogens with zero attached hydrogens (tertiary/aromatic N) is 3. The number of halogens is 1. The molecule has 0 aromatic carbocycles. The van der Waals surface area contributed by atoms with Crippen molar-refractivity contribution < 1.29 is 0 Å². The van der Waals surface area contributed by atoms with Crippen molar-refractivity contribution in [1.82, 2.24) is 14.8 Å². The first-order valence-electron chi connectivity index (χ1n) is 6.84. The van der Waals surface area contributed by atoms with Crippen LogP contribution in [-0.2, 0) is 0 Å². The molecular formula is C14H23BrN4. The van der Waals surface area contributed by atoms with Crippen molar-refractivity contribution in [1.29, 1.82) is 0 Å². The molecule has 1 unspecified atom stereocenters. The molecule has 4 nitrogen and oxygen atoms in total. The largest absolute Gasteiger partial charge is 0.366 e. The van der Waals surface area contributed by atoms with E-state index in [1.54, 1.807) is 0 Å². The molecule has 1 aromatic rings. The number of piperazine rings is 1. The van der Waals surface area contributed by atoms with Gasteiger partial charge in [-0.3, -0.25) is 4.90 Å². The van der Waals surface area contributed by atoms with E-state index in [0.29, 0.717) is 6.04 Å². The number of aryl methyl sites for hydroxylation is 1. The van der Waals surface area contributed by atoms with Crippen LogP contribution in [0.3, 0.4) is 0 Å². The first-order chi connectivity index (χ1) is 9.04. The second-order valence-corrected chi connectivity index (χ2v) is 6.38. The van der Waals surface area contributed by atoms with Gasteiger partial charge in [-0.2, -0.15) is 0 Å². The average molecular weight is 327 g/mol. The van der Waals surface area contributed by atoms with Gasteiger partial charge in [0.1, 0.15) is 5.82 Å². The van der Waals surface area contributed by atoms with E-state index >= 15 is 0 Å². The van der Waals surface area contributed by atoms with Crippen molar-refractivity contribution >= 4 is 21.7 Å². The van der Waals surface area contributed by atoms with E-state index in [1.807, 2.05) is 6.20 Å². The second kappa shape index (κ2) is 6.68. The zero-order valence-electron chi connectivity index (χ0n) is 12.0. The lowest BCUT2D eigenvalue weighted by atomic mass is 10.2. The molecule has 0 aliphatic carbocycles. The molecule has 2 heterocycles. The Balaban J connectivity index is 1.85. The molecule has 1 aliphatic rings. The van der Waals surface area contributed by atoms with Crippen LogP contribution in [0.5, 0.6) is 0 Å². The van der Waals surface area contributed by atoms with Crippen LogP contribution in [0.4, 0.5) is 5.82 Å². The third kappa shape index (κ3) is 4.44. The molecule has 1 aromatic heterocycles. The van der Waals surface area contributed by atoms with Gasteiger partial charge in [-0.25, -0.2) is 4.98 Å². The second-order valence-electron chi connectivity index (χ2n) is 5.47. The first kappa shape index (κ1) is 14.8. The molecule has 0 bridgehead atoms. The van der Waals surface area contributed by atoms with Gasteiger partial charge >= 0.3 is 0 Å². The van der Waals surface area contributed by atoms with E-state index in [2.05, 4.69) is 63.0 Å². The molecule has 106 valence electrons. The Morgan fingerprint density at radius 3 is 2.68 bits per heavy atom. The molecule has 5 heteroatoms. The van der Waals surface area contributed by atoms with Crippen molar-refractivity contribution in [2.75, 3.05) is 45.1 Å². The number of hydrogen-bond donors (Lipinski definition) is 1. The molecule has 2 rings (SSSR count). The molecule has 0 radical (unpaired) electrons. The summed E-state index contributed by atoms with van der Waals surface area (Å²) in [6, 6.07) is 2.51. The van der Waals surface area contributed by atoms with Crippen LogP contribution < -0.4 is 5.32 Å². The highest BCUT2D eigenvalue weighted by Crippen LogP contribution is 2.17. The lowest BCUT2D eigenvalue weighted by Crippen LogP contribution is -2.47. The van der Waals surface area contributed by atoms with Crippen LogP contribution in [0.2, 0.25) is 0 Å². The normalized spacial score (nSPS) is 19.4. The van der Waals surface area contributed by atoms with E-state index in [4.69, 9.17) is 0 Å². The Labute approximate surface area is 124 Å². The maximum atomic E-state index is 4.44. The summed E-state index contributed by atoms with van der Waals surface area (Å²) in [5.74, 6) is 0.991. The highest BCUT2D eigenvalue weighted by Gasteiger charge is 2.16. The monoisotopic (exact) mass is 326 g/mol. The maximum absolute atomic E-state index is 4.44. The molecular weight excluding hydrogens is 304 g/mol. The minimum Gasteiger partial charge on any atom is -0.366 e. The summed E-state index contributed by atoms with van der Waals surface area (Å²) >= 11 is 3.44. The van der Waals surface area contributed by atoms with Crippen molar-refractivity contribution in [3.63, 3.8) is 0 Å². The summed E-state index contributed by atoms with van der Waals surface area (Å²) in [7, 11) is 2.19. The average Bonchev–Trinajstić information content (AvgIpc) is 2.36. The Kier molecular flexibility index (Phi) is 5.19. The molecule has 1 aliphatic heterocycles. The number of rotatable bonds is 4. The molecule has 0 amide bonds. The van der Waals surface area contributed by atoms with Crippen LogP contribution >= 0.6 is 15.9 Å². The summed E-state index contributed by atoms with van der Waals surface area (Å²) in [4.78, 5) is 9.34. The Bertz CT molecular complexity index is 416. The zero-order valence-corrected chi connectivity index (χ0v) is 13.6. The number of anilines is 1. The predicted molar refractivity (Wildman–Crippen MR) is 83.7 cm³/mol. The fourth-order valence-corrected chi connectivity index (χ4v) is 2.83. The molecule has 19 heavy (non-hydrogen) atoms.